The van der Waals surface area contributed by atoms with E-state index in [1.165, 1.54) is 11.1 Å². The number of aryl methyl sites for hydroxylation is 1. The number of benzene rings is 1. The summed E-state index contributed by atoms with van der Waals surface area (Å²) in [5, 5.41) is 3.38. The summed E-state index contributed by atoms with van der Waals surface area (Å²) in [4.78, 5) is 0. The summed E-state index contributed by atoms with van der Waals surface area (Å²) >= 11 is 3.56. The van der Waals surface area contributed by atoms with Gasteiger partial charge in [0.05, 0.1) is 0 Å². The maximum Gasteiger partial charge on any atom is 0.141 e. The van der Waals surface area contributed by atoms with Crippen LogP contribution in [0.5, 0.6) is 5.75 Å². The summed E-state index contributed by atoms with van der Waals surface area (Å²) in [6.45, 7) is 4.13. The molecule has 2 heterocycles. The van der Waals surface area contributed by atoms with E-state index in [0.29, 0.717) is 0 Å². The number of fused-ring (bicyclic) bond motifs is 1. The van der Waals surface area contributed by atoms with Crippen LogP contribution in [0.15, 0.2) is 22.7 Å². The fourth-order valence-corrected chi connectivity index (χ4v) is 3.10. The average molecular weight is 294 g/mol. The van der Waals surface area contributed by atoms with Gasteiger partial charge in [-0.25, -0.2) is 0 Å². The lowest BCUT2D eigenvalue weighted by molar-refractivity contribution is 0.137. The van der Waals surface area contributed by atoms with Gasteiger partial charge in [0.25, 0.3) is 0 Å². The molecule has 0 saturated carbocycles. The van der Waals surface area contributed by atoms with E-state index in [2.05, 4.69) is 52.5 Å². The predicted octanol–water partition coefficient (Wildman–Crippen LogP) is 3.15. The molecule has 90 valence electrons. The summed E-state index contributed by atoms with van der Waals surface area (Å²) < 4.78 is 7.41. The highest BCUT2D eigenvalue weighted by molar-refractivity contribution is 9.10. The lowest BCUT2D eigenvalue weighted by Gasteiger charge is -2.32. The lowest BCUT2D eigenvalue weighted by Crippen LogP contribution is -2.38. The van der Waals surface area contributed by atoms with Crippen molar-refractivity contribution in [3.05, 3.63) is 33.8 Å². The smallest absolute Gasteiger partial charge is 0.141 e. The molecule has 0 aromatic heterocycles. The Labute approximate surface area is 110 Å². The van der Waals surface area contributed by atoms with Crippen LogP contribution in [-0.2, 0) is 6.42 Å². The second kappa shape index (κ2) is 4.14. The lowest BCUT2D eigenvalue weighted by atomic mass is 9.95. The van der Waals surface area contributed by atoms with Crippen molar-refractivity contribution < 1.29 is 4.74 Å². The van der Waals surface area contributed by atoms with Crippen molar-refractivity contribution >= 4 is 22.0 Å². The van der Waals surface area contributed by atoms with Crippen molar-refractivity contribution in [2.75, 3.05) is 13.1 Å². The number of rotatable bonds is 1. The standard InChI is InChI=1S/C14H16BrNO/c1-2-10-7-12(15)8-11-3-4-14(17-13(10)11)5-6-16-9-14/h3-4,7-8,16H,2,5-6,9H2,1H3/t14-/m0/s1. The first-order valence-corrected chi connectivity index (χ1v) is 6.93. The maximum absolute atomic E-state index is 6.29. The summed E-state index contributed by atoms with van der Waals surface area (Å²) in [7, 11) is 0. The van der Waals surface area contributed by atoms with Crippen molar-refractivity contribution in [2.24, 2.45) is 0 Å². The monoisotopic (exact) mass is 293 g/mol. The second-order valence-electron chi connectivity index (χ2n) is 4.76. The molecule has 1 atom stereocenters. The summed E-state index contributed by atoms with van der Waals surface area (Å²) in [5.74, 6) is 1.07. The Morgan fingerprint density at radius 1 is 1.47 bits per heavy atom. The van der Waals surface area contributed by atoms with Crippen molar-refractivity contribution in [3.8, 4) is 5.75 Å². The van der Waals surface area contributed by atoms with Crippen LogP contribution in [0.1, 0.15) is 24.5 Å². The van der Waals surface area contributed by atoms with Crippen LogP contribution < -0.4 is 10.1 Å². The molecule has 1 aromatic rings. The molecule has 0 radical (unpaired) electrons. The third-order valence-corrected chi connectivity index (χ3v) is 4.02. The number of nitrogens with one attached hydrogen (secondary N) is 1. The normalized spacial score (nSPS) is 26.0. The topological polar surface area (TPSA) is 21.3 Å². The molecule has 3 heteroatoms. The van der Waals surface area contributed by atoms with Crippen LogP contribution in [0.4, 0.5) is 0 Å². The first-order chi connectivity index (χ1) is 8.22. The first-order valence-electron chi connectivity index (χ1n) is 6.14. The molecule has 0 aliphatic carbocycles. The van der Waals surface area contributed by atoms with E-state index < -0.39 is 0 Å². The van der Waals surface area contributed by atoms with Gasteiger partial charge in [-0.05, 0) is 36.7 Å². The Balaban J connectivity index is 2.06. The van der Waals surface area contributed by atoms with Gasteiger partial charge in [0, 0.05) is 23.0 Å². The van der Waals surface area contributed by atoms with Gasteiger partial charge in [0.2, 0.25) is 0 Å². The first kappa shape index (κ1) is 11.3. The van der Waals surface area contributed by atoms with Gasteiger partial charge in [0.1, 0.15) is 11.4 Å². The number of ether oxygens (including phenoxy) is 1. The zero-order valence-corrected chi connectivity index (χ0v) is 11.5. The molecule has 1 N–H and O–H groups in total. The van der Waals surface area contributed by atoms with Gasteiger partial charge in [-0.15, -0.1) is 0 Å². The highest BCUT2D eigenvalue weighted by Gasteiger charge is 2.36. The minimum Gasteiger partial charge on any atom is -0.481 e. The predicted molar refractivity (Wildman–Crippen MR) is 73.4 cm³/mol. The Morgan fingerprint density at radius 3 is 3.06 bits per heavy atom. The molecule has 1 spiro atoms. The van der Waals surface area contributed by atoms with Gasteiger partial charge in [-0.3, -0.25) is 0 Å². The largest absolute Gasteiger partial charge is 0.481 e. The molecule has 2 aliphatic rings. The minimum atomic E-state index is -0.106. The highest BCUT2D eigenvalue weighted by atomic mass is 79.9. The molecule has 0 bridgehead atoms. The van der Waals surface area contributed by atoms with E-state index >= 15 is 0 Å². The van der Waals surface area contributed by atoms with Crippen LogP contribution in [0, 0.1) is 0 Å². The SMILES string of the molecule is CCc1cc(Br)cc2c1O[C@@]1(C=C2)CCNC1. The molecular weight excluding hydrogens is 278 g/mol. The second-order valence-corrected chi connectivity index (χ2v) is 5.68. The minimum absolute atomic E-state index is 0.106. The van der Waals surface area contributed by atoms with Gasteiger partial charge >= 0.3 is 0 Å². The van der Waals surface area contributed by atoms with Crippen LogP contribution in [-0.4, -0.2) is 18.7 Å². The van der Waals surface area contributed by atoms with E-state index in [0.717, 1.165) is 36.2 Å². The summed E-state index contributed by atoms with van der Waals surface area (Å²) in [6.07, 6.45) is 6.47. The van der Waals surface area contributed by atoms with Crippen molar-refractivity contribution in [1.29, 1.82) is 0 Å². The van der Waals surface area contributed by atoms with Crippen LogP contribution in [0.3, 0.4) is 0 Å². The third-order valence-electron chi connectivity index (χ3n) is 3.56. The molecular formula is C14H16BrNO. The molecule has 2 nitrogen and oxygen atoms in total. The zero-order valence-electron chi connectivity index (χ0n) is 9.92. The Bertz CT molecular complexity index is 475. The van der Waals surface area contributed by atoms with Crippen molar-refractivity contribution in [1.82, 2.24) is 5.32 Å². The van der Waals surface area contributed by atoms with Crippen molar-refractivity contribution in [2.45, 2.75) is 25.4 Å². The van der Waals surface area contributed by atoms with Gasteiger partial charge in [-0.2, -0.15) is 0 Å². The molecule has 3 rings (SSSR count). The van der Waals surface area contributed by atoms with Crippen molar-refractivity contribution in [3.63, 3.8) is 0 Å². The molecule has 1 saturated heterocycles. The maximum atomic E-state index is 6.29. The highest BCUT2D eigenvalue weighted by Crippen LogP contribution is 2.38. The molecule has 17 heavy (non-hydrogen) atoms. The van der Waals surface area contributed by atoms with E-state index in [4.69, 9.17) is 4.74 Å². The summed E-state index contributed by atoms with van der Waals surface area (Å²) in [6, 6.07) is 4.29. The van der Waals surface area contributed by atoms with Gasteiger partial charge in [0.15, 0.2) is 0 Å². The fraction of sp³-hybridized carbons (Fsp3) is 0.429. The van der Waals surface area contributed by atoms with E-state index in [1.54, 1.807) is 0 Å². The van der Waals surface area contributed by atoms with Crippen LogP contribution in [0.25, 0.3) is 6.08 Å². The molecule has 1 aromatic carbocycles. The number of hydrogen-bond donors (Lipinski definition) is 1. The number of hydrogen-bond acceptors (Lipinski definition) is 2. The quantitative estimate of drug-likeness (QED) is 0.859. The molecule has 1 fully saturated rings. The van der Waals surface area contributed by atoms with E-state index in [9.17, 15) is 0 Å². The Kier molecular flexibility index (Phi) is 2.75. The third kappa shape index (κ3) is 1.91. The Morgan fingerprint density at radius 2 is 2.35 bits per heavy atom. The molecule has 0 unspecified atom stereocenters. The molecule has 0 amide bonds. The van der Waals surface area contributed by atoms with E-state index in [-0.39, 0.29) is 5.60 Å². The van der Waals surface area contributed by atoms with E-state index in [1.807, 2.05) is 0 Å². The summed E-state index contributed by atoms with van der Waals surface area (Å²) in [5.41, 5.74) is 2.36. The Hall–Kier alpha value is -0.800. The zero-order chi connectivity index (χ0) is 11.9. The van der Waals surface area contributed by atoms with Gasteiger partial charge < -0.3 is 10.1 Å². The molecule has 2 aliphatic heterocycles. The van der Waals surface area contributed by atoms with Crippen LogP contribution >= 0.6 is 15.9 Å². The number of halogens is 1. The van der Waals surface area contributed by atoms with Gasteiger partial charge in [-0.1, -0.05) is 28.9 Å². The van der Waals surface area contributed by atoms with Crippen LogP contribution in [0.2, 0.25) is 0 Å². The fourth-order valence-electron chi connectivity index (χ4n) is 2.58. The average Bonchev–Trinajstić information content (AvgIpc) is 2.77.